The molecule has 0 amide bonds. The number of nitrogens with zero attached hydrogens (tertiary/aromatic N) is 2. The predicted octanol–water partition coefficient (Wildman–Crippen LogP) is 4.93. The van der Waals surface area contributed by atoms with Crippen LogP contribution in [0.25, 0.3) is 11.8 Å². The number of hydrogen-bond acceptors (Lipinski definition) is 4. The van der Waals surface area contributed by atoms with Crippen LogP contribution >= 0.6 is 33.9 Å². The van der Waals surface area contributed by atoms with Crippen LogP contribution in [-0.2, 0) is 6.42 Å². The Morgan fingerprint density at radius 3 is 2.68 bits per heavy atom. The molecule has 2 aliphatic rings. The number of aryl methyl sites for hydroxylation is 1. The first-order valence-electron chi connectivity index (χ1n) is 11.1. The van der Waals surface area contributed by atoms with Crippen LogP contribution in [0.2, 0.25) is 0 Å². The van der Waals surface area contributed by atoms with Crippen molar-refractivity contribution in [1.82, 2.24) is 4.57 Å². The Balaban J connectivity index is 1.61. The molecule has 34 heavy (non-hydrogen) atoms. The molecule has 0 saturated heterocycles. The SMILES string of the molecule is COc1ccc(C2C3=C(N=c4sc(=Cc5cccc(I)c5)c(=O)n42)c2ccccc2CC3)cc1. The third-order valence-electron chi connectivity index (χ3n) is 6.45. The van der Waals surface area contributed by atoms with Gasteiger partial charge in [-0.1, -0.05) is 59.9 Å². The van der Waals surface area contributed by atoms with Gasteiger partial charge in [-0.15, -0.1) is 0 Å². The van der Waals surface area contributed by atoms with E-state index in [4.69, 9.17) is 9.73 Å². The van der Waals surface area contributed by atoms with Crippen molar-refractivity contribution in [2.45, 2.75) is 18.9 Å². The molecule has 168 valence electrons. The van der Waals surface area contributed by atoms with Crippen LogP contribution < -0.4 is 19.6 Å². The number of fused-ring (bicyclic) bond motifs is 3. The normalized spacial score (nSPS) is 17.0. The molecule has 6 rings (SSSR count). The van der Waals surface area contributed by atoms with Gasteiger partial charge >= 0.3 is 0 Å². The fourth-order valence-corrected chi connectivity index (χ4v) is 6.42. The summed E-state index contributed by atoms with van der Waals surface area (Å²) in [6.45, 7) is 0. The molecule has 0 radical (unpaired) electrons. The molecule has 1 aliphatic heterocycles. The fraction of sp³-hybridized carbons (Fsp3) is 0.143. The summed E-state index contributed by atoms with van der Waals surface area (Å²) in [5, 5.41) is 0. The molecular weight excluding hydrogens is 555 g/mol. The summed E-state index contributed by atoms with van der Waals surface area (Å²) in [4.78, 5) is 19.6. The average molecular weight is 576 g/mol. The van der Waals surface area contributed by atoms with Crippen LogP contribution in [0.5, 0.6) is 5.75 Å². The van der Waals surface area contributed by atoms with Gasteiger partial charge < -0.3 is 4.74 Å². The average Bonchev–Trinajstić information content (AvgIpc) is 3.17. The van der Waals surface area contributed by atoms with Gasteiger partial charge in [-0.3, -0.25) is 9.36 Å². The highest BCUT2D eigenvalue weighted by Gasteiger charge is 2.32. The lowest BCUT2D eigenvalue weighted by atomic mass is 9.83. The van der Waals surface area contributed by atoms with E-state index < -0.39 is 0 Å². The van der Waals surface area contributed by atoms with Crippen molar-refractivity contribution < 1.29 is 4.74 Å². The Bertz CT molecular complexity index is 1630. The minimum absolute atomic E-state index is 0.00818. The molecule has 0 fully saturated rings. The summed E-state index contributed by atoms with van der Waals surface area (Å²) < 4.78 is 9.11. The number of thiazole rings is 1. The monoisotopic (exact) mass is 576 g/mol. The van der Waals surface area contributed by atoms with Crippen LogP contribution in [0.4, 0.5) is 0 Å². The smallest absolute Gasteiger partial charge is 0.271 e. The number of hydrogen-bond donors (Lipinski definition) is 0. The highest BCUT2D eigenvalue weighted by Crippen LogP contribution is 2.41. The number of halogens is 1. The highest BCUT2D eigenvalue weighted by molar-refractivity contribution is 14.1. The Labute approximate surface area is 214 Å². The van der Waals surface area contributed by atoms with E-state index in [1.807, 2.05) is 34.9 Å². The van der Waals surface area contributed by atoms with Crippen LogP contribution in [0, 0.1) is 3.57 Å². The molecular formula is C28H21IN2O2S. The molecule has 1 aromatic heterocycles. The second-order valence-electron chi connectivity index (χ2n) is 8.44. The molecule has 1 aliphatic carbocycles. The number of allylic oxidation sites excluding steroid dienone is 1. The van der Waals surface area contributed by atoms with Crippen molar-refractivity contribution in [1.29, 1.82) is 0 Å². The first kappa shape index (κ1) is 21.6. The van der Waals surface area contributed by atoms with E-state index in [2.05, 4.69) is 71.1 Å². The second kappa shape index (κ2) is 8.67. The fourth-order valence-electron chi connectivity index (χ4n) is 4.86. The van der Waals surface area contributed by atoms with E-state index in [-0.39, 0.29) is 11.6 Å². The van der Waals surface area contributed by atoms with Gasteiger partial charge in [0.15, 0.2) is 4.80 Å². The van der Waals surface area contributed by atoms with E-state index >= 15 is 0 Å². The molecule has 0 N–H and O–H groups in total. The summed E-state index contributed by atoms with van der Waals surface area (Å²) >= 11 is 3.76. The zero-order chi connectivity index (χ0) is 23.2. The van der Waals surface area contributed by atoms with Gasteiger partial charge in [0.2, 0.25) is 0 Å². The van der Waals surface area contributed by atoms with E-state index in [9.17, 15) is 4.79 Å². The summed E-state index contributed by atoms with van der Waals surface area (Å²) in [5.41, 5.74) is 6.82. The molecule has 6 heteroatoms. The number of methoxy groups -OCH3 is 1. The topological polar surface area (TPSA) is 43.6 Å². The maximum absolute atomic E-state index is 13.8. The summed E-state index contributed by atoms with van der Waals surface area (Å²) in [6.07, 6.45) is 3.81. The van der Waals surface area contributed by atoms with Gasteiger partial charge in [0, 0.05) is 9.13 Å². The van der Waals surface area contributed by atoms with Gasteiger partial charge in [0.1, 0.15) is 5.75 Å². The summed E-state index contributed by atoms with van der Waals surface area (Å²) in [7, 11) is 1.67. The first-order chi connectivity index (χ1) is 16.6. The molecule has 0 saturated carbocycles. The standard InChI is InChI=1S/C28H21IN2O2S/c1-33-21-12-9-19(10-13-21)26-23-14-11-18-6-2-3-8-22(18)25(23)30-28-31(26)27(32)24(34-28)16-17-5-4-7-20(29)15-17/h2-10,12-13,15-16,26H,11,14H2,1H3. The lowest BCUT2D eigenvalue weighted by molar-refractivity contribution is 0.414. The van der Waals surface area contributed by atoms with Gasteiger partial charge in [-0.25, -0.2) is 4.99 Å². The number of rotatable bonds is 3. The van der Waals surface area contributed by atoms with Crippen LogP contribution in [0.3, 0.4) is 0 Å². The zero-order valence-corrected chi connectivity index (χ0v) is 21.5. The van der Waals surface area contributed by atoms with Gasteiger partial charge in [-0.05, 0) is 88.0 Å². The van der Waals surface area contributed by atoms with Crippen molar-refractivity contribution in [2.75, 3.05) is 7.11 Å². The van der Waals surface area contributed by atoms with E-state index in [0.29, 0.717) is 4.53 Å². The number of aromatic nitrogens is 1. The lowest BCUT2D eigenvalue weighted by Crippen LogP contribution is -2.38. The van der Waals surface area contributed by atoms with Crippen molar-refractivity contribution in [3.8, 4) is 5.75 Å². The summed E-state index contributed by atoms with van der Waals surface area (Å²) in [5.74, 6) is 0.804. The predicted molar refractivity (Wildman–Crippen MR) is 145 cm³/mol. The Kier molecular flexibility index (Phi) is 5.50. The maximum atomic E-state index is 13.8. The Morgan fingerprint density at radius 1 is 1.06 bits per heavy atom. The molecule has 4 nitrogen and oxygen atoms in total. The first-order valence-corrected chi connectivity index (χ1v) is 13.0. The van der Waals surface area contributed by atoms with Crippen LogP contribution in [-0.4, -0.2) is 11.7 Å². The summed E-state index contributed by atoms with van der Waals surface area (Å²) in [6, 6.07) is 24.6. The molecule has 0 spiro atoms. The maximum Gasteiger partial charge on any atom is 0.271 e. The lowest BCUT2D eigenvalue weighted by Gasteiger charge is -2.30. The Hall–Kier alpha value is -2.97. The second-order valence-corrected chi connectivity index (χ2v) is 10.7. The van der Waals surface area contributed by atoms with Crippen LogP contribution in [0.1, 0.15) is 34.7 Å². The largest absolute Gasteiger partial charge is 0.497 e. The van der Waals surface area contributed by atoms with Crippen molar-refractivity contribution >= 4 is 45.7 Å². The third-order valence-corrected chi connectivity index (χ3v) is 8.10. The molecule has 0 bridgehead atoms. The van der Waals surface area contributed by atoms with E-state index in [1.54, 1.807) is 7.11 Å². The van der Waals surface area contributed by atoms with E-state index in [0.717, 1.165) is 43.8 Å². The number of benzene rings is 3. The van der Waals surface area contributed by atoms with Gasteiger partial charge in [0.25, 0.3) is 5.56 Å². The van der Waals surface area contributed by atoms with E-state index in [1.165, 1.54) is 28.0 Å². The molecule has 2 heterocycles. The highest BCUT2D eigenvalue weighted by atomic mass is 127. The van der Waals surface area contributed by atoms with Crippen molar-refractivity contribution in [3.63, 3.8) is 0 Å². The third kappa shape index (κ3) is 3.65. The quantitative estimate of drug-likeness (QED) is 0.325. The molecule has 4 aromatic rings. The Morgan fingerprint density at radius 2 is 1.88 bits per heavy atom. The minimum atomic E-state index is -0.177. The molecule has 1 unspecified atom stereocenters. The minimum Gasteiger partial charge on any atom is -0.497 e. The van der Waals surface area contributed by atoms with Crippen LogP contribution in [0.15, 0.2) is 88.2 Å². The van der Waals surface area contributed by atoms with Gasteiger partial charge in [0.05, 0.1) is 23.4 Å². The van der Waals surface area contributed by atoms with Crippen molar-refractivity contribution in [2.24, 2.45) is 4.99 Å². The zero-order valence-electron chi connectivity index (χ0n) is 18.5. The molecule has 1 atom stereocenters. The van der Waals surface area contributed by atoms with Crippen molar-refractivity contribution in [3.05, 3.63) is 124 Å². The van der Waals surface area contributed by atoms with Gasteiger partial charge in [-0.2, -0.15) is 0 Å². The number of ether oxygens (including phenoxy) is 1. The molecule has 3 aromatic carbocycles.